The molecule has 5 rings (SSSR count). The number of methoxy groups -OCH3 is 2. The number of ether oxygens (including phenoxy) is 2. The summed E-state index contributed by atoms with van der Waals surface area (Å²) in [5.41, 5.74) is 3.20. The average molecular weight is 500 g/mol. The molecule has 2 heterocycles. The molecule has 1 N–H and O–H groups in total. The maximum absolute atomic E-state index is 13.5. The largest absolute Gasteiger partial charge is 0.497 e. The summed E-state index contributed by atoms with van der Waals surface area (Å²) in [7, 11) is 3.33. The third-order valence-electron chi connectivity index (χ3n) is 6.58. The van der Waals surface area contributed by atoms with Crippen molar-refractivity contribution in [2.24, 2.45) is 0 Å². The molecule has 6 nitrogen and oxygen atoms in total. The first-order chi connectivity index (χ1) is 17.6. The van der Waals surface area contributed by atoms with E-state index in [0.29, 0.717) is 11.9 Å². The first-order valence-electron chi connectivity index (χ1n) is 11.9. The van der Waals surface area contributed by atoms with Gasteiger partial charge in [-0.05, 0) is 53.4 Å². The summed E-state index contributed by atoms with van der Waals surface area (Å²) in [4.78, 5) is 20.2. The van der Waals surface area contributed by atoms with Crippen molar-refractivity contribution in [1.82, 2.24) is 14.9 Å². The van der Waals surface area contributed by atoms with Gasteiger partial charge in [0.1, 0.15) is 16.3 Å². The van der Waals surface area contributed by atoms with E-state index in [2.05, 4.69) is 34.6 Å². The third-order valence-corrected chi connectivity index (χ3v) is 7.84. The highest BCUT2D eigenvalue weighted by molar-refractivity contribution is 7.18. The van der Waals surface area contributed by atoms with Gasteiger partial charge in [-0.1, -0.05) is 42.5 Å². The van der Waals surface area contributed by atoms with Crippen molar-refractivity contribution in [3.05, 3.63) is 98.9 Å². The van der Waals surface area contributed by atoms with Gasteiger partial charge in [0.2, 0.25) is 0 Å². The number of hydrogen-bond acceptors (Lipinski definition) is 6. The predicted octanol–water partition coefficient (Wildman–Crippen LogP) is 5.32. The first kappa shape index (κ1) is 24.0. The van der Waals surface area contributed by atoms with E-state index in [4.69, 9.17) is 9.47 Å². The number of aromatic nitrogens is 2. The molecule has 0 radical (unpaired) electrons. The van der Waals surface area contributed by atoms with Gasteiger partial charge in [0, 0.05) is 23.5 Å². The van der Waals surface area contributed by atoms with E-state index in [0.717, 1.165) is 57.7 Å². The summed E-state index contributed by atoms with van der Waals surface area (Å²) in [6.07, 6.45) is 2.51. The molecule has 0 saturated heterocycles. The molecule has 5 aromatic rings. The van der Waals surface area contributed by atoms with Crippen molar-refractivity contribution >= 4 is 32.3 Å². The lowest BCUT2D eigenvalue weighted by Gasteiger charge is -2.13. The topological polar surface area (TPSA) is 65.4 Å². The van der Waals surface area contributed by atoms with Crippen LogP contribution < -0.4 is 20.3 Å². The quantitative estimate of drug-likeness (QED) is 0.278. The van der Waals surface area contributed by atoms with Crippen molar-refractivity contribution in [3.63, 3.8) is 0 Å². The molecule has 0 unspecified atom stereocenters. The maximum atomic E-state index is 13.5. The van der Waals surface area contributed by atoms with Gasteiger partial charge in [0.25, 0.3) is 5.56 Å². The maximum Gasteiger partial charge on any atom is 0.262 e. The van der Waals surface area contributed by atoms with Gasteiger partial charge in [-0.3, -0.25) is 9.36 Å². The molecule has 184 valence electrons. The molecule has 0 aliphatic heterocycles. The van der Waals surface area contributed by atoms with Gasteiger partial charge >= 0.3 is 0 Å². The molecular formula is C29H29N3O3S. The number of aryl methyl sites for hydroxylation is 1. The summed E-state index contributed by atoms with van der Waals surface area (Å²) in [5, 5.41) is 6.41. The van der Waals surface area contributed by atoms with E-state index in [9.17, 15) is 4.79 Å². The van der Waals surface area contributed by atoms with Gasteiger partial charge in [-0.15, -0.1) is 11.3 Å². The Kier molecular flexibility index (Phi) is 7.02. The molecule has 0 atom stereocenters. The molecule has 0 bridgehead atoms. The lowest BCUT2D eigenvalue weighted by Crippen LogP contribution is -2.21. The van der Waals surface area contributed by atoms with E-state index < -0.39 is 0 Å². The van der Waals surface area contributed by atoms with E-state index in [1.165, 1.54) is 10.4 Å². The summed E-state index contributed by atoms with van der Waals surface area (Å²) >= 11 is 1.61. The molecule has 0 aliphatic rings. The van der Waals surface area contributed by atoms with E-state index in [1.54, 1.807) is 36.5 Å². The van der Waals surface area contributed by atoms with Crippen molar-refractivity contribution in [1.29, 1.82) is 0 Å². The van der Waals surface area contributed by atoms with Crippen LogP contribution in [-0.4, -0.2) is 30.3 Å². The Hall–Kier alpha value is -3.68. The second-order valence-electron chi connectivity index (χ2n) is 8.75. The molecule has 0 aliphatic carbocycles. The Morgan fingerprint density at radius 1 is 1.00 bits per heavy atom. The third kappa shape index (κ3) is 4.72. The number of rotatable bonds is 9. The molecule has 36 heavy (non-hydrogen) atoms. The van der Waals surface area contributed by atoms with Gasteiger partial charge < -0.3 is 14.8 Å². The van der Waals surface area contributed by atoms with Crippen LogP contribution in [0.2, 0.25) is 0 Å². The zero-order valence-corrected chi connectivity index (χ0v) is 21.5. The number of fused-ring (bicyclic) bond motifs is 2. The fraction of sp³-hybridized carbons (Fsp3) is 0.241. The lowest BCUT2D eigenvalue weighted by molar-refractivity contribution is 0.409. The fourth-order valence-electron chi connectivity index (χ4n) is 4.57. The van der Waals surface area contributed by atoms with Gasteiger partial charge in [-0.25, -0.2) is 4.98 Å². The molecule has 3 aromatic carbocycles. The monoisotopic (exact) mass is 499 g/mol. The van der Waals surface area contributed by atoms with E-state index in [-0.39, 0.29) is 5.56 Å². The van der Waals surface area contributed by atoms with Gasteiger partial charge in [0.05, 0.1) is 32.5 Å². The standard InChI is InChI=1S/C29H29N3O3S/c1-19-26(14-15-30-16-20-8-11-22(34-2)12-9-20)36-28-27(19)29(33)32(18-31-28)17-24-23-7-5-4-6-21(23)10-13-25(24)35-3/h4-13,18,30H,14-17H2,1-3H3. The van der Waals surface area contributed by atoms with Crippen LogP contribution in [0.15, 0.2) is 71.8 Å². The van der Waals surface area contributed by atoms with Crippen LogP contribution in [0.5, 0.6) is 11.5 Å². The molecule has 0 fully saturated rings. The molecule has 0 spiro atoms. The Labute approximate surface area is 214 Å². The number of hydrogen-bond donors (Lipinski definition) is 1. The van der Waals surface area contributed by atoms with Gasteiger partial charge in [0.15, 0.2) is 0 Å². The minimum atomic E-state index is -0.0128. The molecule has 7 heteroatoms. The summed E-state index contributed by atoms with van der Waals surface area (Å²) in [5.74, 6) is 1.63. The van der Waals surface area contributed by atoms with Crippen LogP contribution in [-0.2, 0) is 19.5 Å². The summed E-state index contributed by atoms with van der Waals surface area (Å²) in [6.45, 7) is 4.04. The zero-order valence-electron chi connectivity index (χ0n) is 20.7. The summed E-state index contributed by atoms with van der Waals surface area (Å²) < 4.78 is 12.5. The van der Waals surface area contributed by atoms with Crippen LogP contribution in [0.25, 0.3) is 21.0 Å². The first-order valence-corrected chi connectivity index (χ1v) is 12.8. The van der Waals surface area contributed by atoms with Gasteiger partial charge in [-0.2, -0.15) is 0 Å². The van der Waals surface area contributed by atoms with E-state index >= 15 is 0 Å². The molecule has 0 saturated carbocycles. The van der Waals surface area contributed by atoms with Crippen LogP contribution in [0.4, 0.5) is 0 Å². The van der Waals surface area contributed by atoms with Crippen molar-refractivity contribution in [3.8, 4) is 11.5 Å². The highest BCUT2D eigenvalue weighted by atomic mass is 32.1. The Bertz CT molecular complexity index is 1570. The predicted molar refractivity (Wildman–Crippen MR) is 147 cm³/mol. The fourth-order valence-corrected chi connectivity index (χ4v) is 5.71. The average Bonchev–Trinajstić information content (AvgIpc) is 3.24. The number of benzene rings is 3. The smallest absolute Gasteiger partial charge is 0.262 e. The normalized spacial score (nSPS) is 11.3. The van der Waals surface area contributed by atoms with Crippen molar-refractivity contribution in [2.45, 2.75) is 26.4 Å². The number of nitrogens with one attached hydrogen (secondary N) is 1. The number of thiophene rings is 1. The molecule has 2 aromatic heterocycles. The Balaban J connectivity index is 1.35. The van der Waals surface area contributed by atoms with Crippen LogP contribution in [0.3, 0.4) is 0 Å². The molecular weight excluding hydrogens is 470 g/mol. The van der Waals surface area contributed by atoms with E-state index in [1.807, 2.05) is 43.3 Å². The number of nitrogens with zero attached hydrogens (tertiary/aromatic N) is 2. The zero-order chi connectivity index (χ0) is 25.1. The minimum Gasteiger partial charge on any atom is -0.497 e. The lowest BCUT2D eigenvalue weighted by atomic mass is 10.0. The van der Waals surface area contributed by atoms with Crippen molar-refractivity contribution < 1.29 is 9.47 Å². The van der Waals surface area contributed by atoms with Crippen LogP contribution in [0, 0.1) is 6.92 Å². The summed E-state index contributed by atoms with van der Waals surface area (Å²) in [6, 6.07) is 20.2. The second-order valence-corrected chi connectivity index (χ2v) is 9.83. The molecule has 0 amide bonds. The highest BCUT2D eigenvalue weighted by Crippen LogP contribution is 2.30. The van der Waals surface area contributed by atoms with Crippen molar-refractivity contribution in [2.75, 3.05) is 20.8 Å². The van der Waals surface area contributed by atoms with Crippen LogP contribution >= 0.6 is 11.3 Å². The highest BCUT2D eigenvalue weighted by Gasteiger charge is 2.16. The SMILES string of the molecule is COc1ccc(CNCCc2sc3ncn(Cc4c(OC)ccc5ccccc45)c(=O)c3c2C)cc1. The Morgan fingerprint density at radius 2 is 1.81 bits per heavy atom. The second kappa shape index (κ2) is 10.5. The minimum absolute atomic E-state index is 0.0128. The Morgan fingerprint density at radius 3 is 2.58 bits per heavy atom. The van der Waals surface area contributed by atoms with Crippen LogP contribution in [0.1, 0.15) is 21.6 Å².